The third kappa shape index (κ3) is 5.97. The molecule has 3 rings (SSSR count). The Bertz CT molecular complexity index is 930. The first-order valence-electron chi connectivity index (χ1n) is 9.34. The molecule has 0 fully saturated rings. The van der Waals surface area contributed by atoms with Gasteiger partial charge in [-0.1, -0.05) is 13.8 Å². The van der Waals surface area contributed by atoms with Gasteiger partial charge in [0.05, 0.1) is 31.4 Å². The van der Waals surface area contributed by atoms with Gasteiger partial charge in [-0.15, -0.1) is 0 Å². The fraction of sp³-hybridized carbons (Fsp3) is 0.286. The molecule has 0 spiro atoms. The summed E-state index contributed by atoms with van der Waals surface area (Å²) in [6, 6.07) is 10.6. The molecule has 0 aliphatic carbocycles. The number of rotatable bonds is 7. The van der Waals surface area contributed by atoms with Crippen LogP contribution in [0.4, 0.5) is 0 Å². The second-order valence-corrected chi connectivity index (χ2v) is 5.91. The van der Waals surface area contributed by atoms with Crippen LogP contribution in [0.5, 0.6) is 11.5 Å². The number of benzene rings is 1. The van der Waals surface area contributed by atoms with Crippen molar-refractivity contribution in [2.75, 3.05) is 7.11 Å². The quantitative estimate of drug-likeness (QED) is 0.457. The first kappa shape index (κ1) is 21.7. The molecule has 1 amide bonds. The van der Waals surface area contributed by atoms with Crippen LogP contribution in [0.25, 0.3) is 11.3 Å². The Morgan fingerprint density at radius 3 is 2.69 bits per heavy atom. The van der Waals surface area contributed by atoms with E-state index in [0.29, 0.717) is 23.0 Å². The van der Waals surface area contributed by atoms with Gasteiger partial charge in [0.1, 0.15) is 11.5 Å². The lowest BCUT2D eigenvalue weighted by Crippen LogP contribution is -2.17. The molecule has 0 saturated carbocycles. The van der Waals surface area contributed by atoms with Crippen molar-refractivity contribution in [3.05, 3.63) is 54.1 Å². The molecule has 8 heteroatoms. The van der Waals surface area contributed by atoms with Gasteiger partial charge in [0.2, 0.25) is 0 Å². The number of H-pyrrole nitrogens is 1. The van der Waals surface area contributed by atoms with Crippen LogP contribution in [0.3, 0.4) is 0 Å². The Kier molecular flexibility index (Phi) is 8.02. The Labute approximate surface area is 169 Å². The number of hydrazone groups is 1. The average Bonchev–Trinajstić information content (AvgIpc) is 3.41. The summed E-state index contributed by atoms with van der Waals surface area (Å²) in [6.45, 7) is 7.89. The van der Waals surface area contributed by atoms with Gasteiger partial charge < -0.3 is 13.9 Å². The predicted molar refractivity (Wildman–Crippen MR) is 111 cm³/mol. The molecule has 0 aliphatic heterocycles. The molecular weight excluding hydrogens is 372 g/mol. The minimum atomic E-state index is -0.414. The summed E-state index contributed by atoms with van der Waals surface area (Å²) in [7, 11) is 1.58. The molecule has 29 heavy (non-hydrogen) atoms. The fourth-order valence-electron chi connectivity index (χ4n) is 2.34. The van der Waals surface area contributed by atoms with Crippen molar-refractivity contribution < 1.29 is 18.7 Å². The van der Waals surface area contributed by atoms with Crippen molar-refractivity contribution in [2.45, 2.75) is 33.8 Å². The minimum Gasteiger partial charge on any atom is -0.493 e. The number of amides is 1. The molecule has 0 aliphatic rings. The van der Waals surface area contributed by atoms with Crippen LogP contribution in [0.1, 0.15) is 43.9 Å². The summed E-state index contributed by atoms with van der Waals surface area (Å²) in [4.78, 5) is 12.1. The number of furan rings is 1. The van der Waals surface area contributed by atoms with Gasteiger partial charge in [-0.25, -0.2) is 5.43 Å². The third-order valence-corrected chi connectivity index (χ3v) is 3.55. The van der Waals surface area contributed by atoms with Crippen LogP contribution in [-0.2, 0) is 0 Å². The maximum absolute atomic E-state index is 12.1. The molecule has 0 bridgehead atoms. The summed E-state index contributed by atoms with van der Waals surface area (Å²) < 4.78 is 16.2. The van der Waals surface area contributed by atoms with Crippen molar-refractivity contribution >= 4 is 12.1 Å². The van der Waals surface area contributed by atoms with E-state index in [-0.39, 0.29) is 11.8 Å². The number of hydrogen-bond acceptors (Lipinski definition) is 6. The van der Waals surface area contributed by atoms with E-state index in [2.05, 4.69) is 20.7 Å². The molecule has 8 nitrogen and oxygen atoms in total. The second-order valence-electron chi connectivity index (χ2n) is 5.91. The van der Waals surface area contributed by atoms with Crippen LogP contribution >= 0.6 is 0 Å². The van der Waals surface area contributed by atoms with Gasteiger partial charge in [-0.2, -0.15) is 10.2 Å². The van der Waals surface area contributed by atoms with Crippen molar-refractivity contribution in [3.8, 4) is 22.8 Å². The molecule has 0 radical (unpaired) electrons. The Morgan fingerprint density at radius 1 is 1.24 bits per heavy atom. The molecule has 0 unspecified atom stereocenters. The van der Waals surface area contributed by atoms with Crippen LogP contribution < -0.4 is 14.9 Å². The lowest BCUT2D eigenvalue weighted by Gasteiger charge is -2.14. The van der Waals surface area contributed by atoms with Crippen molar-refractivity contribution in [3.63, 3.8) is 0 Å². The number of aromatic nitrogens is 2. The van der Waals surface area contributed by atoms with E-state index >= 15 is 0 Å². The van der Waals surface area contributed by atoms with E-state index < -0.39 is 5.91 Å². The maximum Gasteiger partial charge on any atom is 0.289 e. The standard InChI is InChI=1S/C19H20N4O4.C2H6/c1-12(2)27-17-7-6-13(9-18(17)25-3)15-10-16(22-21-15)19(24)23-20-11-14-5-4-8-26-14;1-2/h4-12H,1-3H3,(H,21,22)(H,23,24);1-2H3/b20-11+;. The van der Waals surface area contributed by atoms with Gasteiger partial charge in [0.15, 0.2) is 11.5 Å². The van der Waals surface area contributed by atoms with E-state index in [1.54, 1.807) is 25.3 Å². The topological polar surface area (TPSA) is 102 Å². The van der Waals surface area contributed by atoms with Gasteiger partial charge in [0.25, 0.3) is 5.91 Å². The molecule has 1 aromatic carbocycles. The molecule has 0 saturated heterocycles. The predicted octanol–water partition coefficient (Wildman–Crippen LogP) is 4.26. The van der Waals surface area contributed by atoms with E-state index in [0.717, 1.165) is 5.56 Å². The average molecular weight is 398 g/mol. The van der Waals surface area contributed by atoms with E-state index in [4.69, 9.17) is 13.9 Å². The van der Waals surface area contributed by atoms with Crippen molar-refractivity contribution in [1.29, 1.82) is 0 Å². The molecule has 2 aromatic heterocycles. The molecule has 3 aromatic rings. The largest absolute Gasteiger partial charge is 0.493 e. The van der Waals surface area contributed by atoms with Crippen LogP contribution in [0.15, 0.2) is 52.2 Å². The Morgan fingerprint density at radius 2 is 2.03 bits per heavy atom. The van der Waals surface area contributed by atoms with Crippen LogP contribution in [-0.4, -0.2) is 35.5 Å². The summed E-state index contributed by atoms with van der Waals surface area (Å²) in [5.74, 6) is 1.37. The number of aromatic amines is 1. The number of carbonyl (C=O) groups is 1. The summed E-state index contributed by atoms with van der Waals surface area (Å²) in [5, 5.41) is 10.7. The van der Waals surface area contributed by atoms with Gasteiger partial charge in [-0.3, -0.25) is 9.89 Å². The molecule has 2 heterocycles. The number of carbonyl (C=O) groups excluding carboxylic acids is 1. The van der Waals surface area contributed by atoms with Gasteiger partial charge in [-0.05, 0) is 50.2 Å². The molecule has 2 N–H and O–H groups in total. The lowest BCUT2D eigenvalue weighted by molar-refractivity contribution is 0.0950. The van der Waals surface area contributed by atoms with Crippen molar-refractivity contribution in [1.82, 2.24) is 15.6 Å². The van der Waals surface area contributed by atoms with E-state index in [1.807, 2.05) is 45.9 Å². The molecule has 0 atom stereocenters. The highest BCUT2D eigenvalue weighted by atomic mass is 16.5. The van der Waals surface area contributed by atoms with Gasteiger partial charge >= 0.3 is 0 Å². The zero-order valence-corrected chi connectivity index (χ0v) is 17.2. The van der Waals surface area contributed by atoms with Crippen LogP contribution in [0, 0.1) is 0 Å². The highest BCUT2D eigenvalue weighted by Gasteiger charge is 2.13. The highest BCUT2D eigenvalue weighted by molar-refractivity contribution is 5.94. The molecular formula is C21H26N4O4. The van der Waals surface area contributed by atoms with Crippen LogP contribution in [0.2, 0.25) is 0 Å². The summed E-state index contributed by atoms with van der Waals surface area (Å²) in [5.41, 5.74) is 4.08. The van der Waals surface area contributed by atoms with E-state index in [1.165, 1.54) is 12.5 Å². The molecule has 154 valence electrons. The second kappa shape index (κ2) is 10.7. The van der Waals surface area contributed by atoms with Gasteiger partial charge in [0, 0.05) is 5.56 Å². The number of ether oxygens (including phenoxy) is 2. The SMILES string of the molecule is CC.COc1cc(-c2cc(C(=O)N/N=C/c3ccco3)[nH]n2)ccc1OC(C)C. The fourth-order valence-corrected chi connectivity index (χ4v) is 2.34. The Balaban J connectivity index is 0.00000145. The third-order valence-electron chi connectivity index (χ3n) is 3.55. The highest BCUT2D eigenvalue weighted by Crippen LogP contribution is 2.32. The summed E-state index contributed by atoms with van der Waals surface area (Å²) in [6.07, 6.45) is 2.97. The zero-order valence-electron chi connectivity index (χ0n) is 17.2. The monoisotopic (exact) mass is 398 g/mol. The zero-order chi connectivity index (χ0) is 21.2. The summed E-state index contributed by atoms with van der Waals surface area (Å²) >= 11 is 0. The number of hydrogen-bond donors (Lipinski definition) is 2. The maximum atomic E-state index is 12.1. The van der Waals surface area contributed by atoms with E-state index in [9.17, 15) is 4.79 Å². The lowest BCUT2D eigenvalue weighted by atomic mass is 10.1. The number of nitrogens with zero attached hydrogens (tertiary/aromatic N) is 2. The first-order valence-corrected chi connectivity index (χ1v) is 9.34. The number of methoxy groups -OCH3 is 1. The Hall–Kier alpha value is -3.55. The normalized spacial score (nSPS) is 10.6. The minimum absolute atomic E-state index is 0.0344. The first-order chi connectivity index (χ1) is 14.1. The number of nitrogens with one attached hydrogen (secondary N) is 2. The van der Waals surface area contributed by atoms with Crippen molar-refractivity contribution in [2.24, 2.45) is 5.10 Å². The smallest absolute Gasteiger partial charge is 0.289 e.